The number of hydrogen-bond donors (Lipinski definition) is 1. The summed E-state index contributed by atoms with van der Waals surface area (Å²) in [6.45, 7) is 3.20. The summed E-state index contributed by atoms with van der Waals surface area (Å²) >= 11 is 0. The van der Waals surface area contributed by atoms with Crippen molar-refractivity contribution in [3.63, 3.8) is 0 Å². The van der Waals surface area contributed by atoms with Crippen molar-refractivity contribution >= 4 is 21.8 Å². The zero-order chi connectivity index (χ0) is 15.8. The Kier molecular flexibility index (Phi) is 4.15. The number of carboxylic acids is 1. The minimum Gasteiger partial charge on any atom is -0.481 e. The van der Waals surface area contributed by atoms with Crippen molar-refractivity contribution in [2.45, 2.75) is 31.2 Å². The molecule has 1 N–H and O–H groups in total. The zero-order valence-corrected chi connectivity index (χ0v) is 12.6. The molecule has 6 nitrogen and oxygen atoms in total. The molecule has 1 aliphatic rings. The van der Waals surface area contributed by atoms with Crippen LogP contribution in [0.1, 0.15) is 30.6 Å². The molecule has 1 saturated heterocycles. The van der Waals surface area contributed by atoms with Gasteiger partial charge in [0.15, 0.2) is 5.78 Å². The van der Waals surface area contributed by atoms with Crippen molar-refractivity contribution < 1.29 is 23.1 Å². The van der Waals surface area contributed by atoms with Crippen molar-refractivity contribution in [3.05, 3.63) is 29.8 Å². The standard InChI is InChI=1S/C14H17NO5S/c1-9-13(14(17)18)7-8-15(9)21(19,20)12-5-3-11(4-6-12)10(2)16/h3-6,9,13H,7-8H2,1-2H3,(H,17,18). The molecule has 0 aromatic heterocycles. The van der Waals surface area contributed by atoms with Crippen LogP contribution in [0.3, 0.4) is 0 Å². The van der Waals surface area contributed by atoms with Gasteiger partial charge in [0.2, 0.25) is 10.0 Å². The molecule has 7 heteroatoms. The minimum atomic E-state index is -3.74. The van der Waals surface area contributed by atoms with E-state index in [1.807, 2.05) is 0 Å². The number of hydrogen-bond acceptors (Lipinski definition) is 4. The van der Waals surface area contributed by atoms with Gasteiger partial charge >= 0.3 is 5.97 Å². The van der Waals surface area contributed by atoms with Gasteiger partial charge in [0, 0.05) is 18.2 Å². The summed E-state index contributed by atoms with van der Waals surface area (Å²) < 4.78 is 26.3. The molecule has 21 heavy (non-hydrogen) atoms. The van der Waals surface area contributed by atoms with Gasteiger partial charge in [-0.3, -0.25) is 9.59 Å². The summed E-state index contributed by atoms with van der Waals surface area (Å²) in [6.07, 6.45) is 0.307. The SMILES string of the molecule is CC(=O)c1ccc(S(=O)(=O)N2CCC(C(=O)O)C2C)cc1. The smallest absolute Gasteiger partial charge is 0.308 e. The Labute approximate surface area is 123 Å². The molecule has 2 rings (SSSR count). The molecular weight excluding hydrogens is 294 g/mol. The number of carbonyl (C=O) groups excluding carboxylic acids is 1. The van der Waals surface area contributed by atoms with E-state index >= 15 is 0 Å². The summed E-state index contributed by atoms with van der Waals surface area (Å²) in [6, 6.07) is 5.11. The zero-order valence-electron chi connectivity index (χ0n) is 11.8. The number of ketones is 1. The van der Waals surface area contributed by atoms with Crippen LogP contribution in [-0.4, -0.2) is 42.2 Å². The third-order valence-corrected chi connectivity index (χ3v) is 5.88. The largest absolute Gasteiger partial charge is 0.481 e. The van der Waals surface area contributed by atoms with Gasteiger partial charge in [0.05, 0.1) is 10.8 Å². The third kappa shape index (κ3) is 2.84. The maximum absolute atomic E-state index is 12.5. The fraction of sp³-hybridized carbons (Fsp3) is 0.429. The molecule has 1 aliphatic heterocycles. The lowest BCUT2D eigenvalue weighted by Crippen LogP contribution is -2.37. The highest BCUT2D eigenvalue weighted by molar-refractivity contribution is 7.89. The molecule has 114 valence electrons. The Bertz CT molecular complexity index is 665. The average Bonchev–Trinajstić information content (AvgIpc) is 2.81. The molecule has 2 unspecified atom stereocenters. The van der Waals surface area contributed by atoms with Crippen molar-refractivity contribution in [2.75, 3.05) is 6.54 Å². The van der Waals surface area contributed by atoms with E-state index < -0.39 is 28.0 Å². The van der Waals surface area contributed by atoms with Crippen molar-refractivity contribution in [2.24, 2.45) is 5.92 Å². The molecule has 0 spiro atoms. The lowest BCUT2D eigenvalue weighted by atomic mass is 10.0. The molecule has 0 saturated carbocycles. The third-order valence-electron chi connectivity index (χ3n) is 3.88. The Morgan fingerprint density at radius 3 is 2.24 bits per heavy atom. The highest BCUT2D eigenvalue weighted by atomic mass is 32.2. The van der Waals surface area contributed by atoms with Crippen molar-refractivity contribution in [1.29, 1.82) is 0 Å². The first-order chi connectivity index (χ1) is 9.75. The Balaban J connectivity index is 2.30. The van der Waals surface area contributed by atoms with Crippen LogP contribution in [-0.2, 0) is 14.8 Å². The van der Waals surface area contributed by atoms with Crippen LogP contribution < -0.4 is 0 Å². The second-order valence-corrected chi connectivity index (χ2v) is 7.06. The first-order valence-electron chi connectivity index (χ1n) is 6.61. The van der Waals surface area contributed by atoms with Crippen LogP contribution >= 0.6 is 0 Å². The maximum Gasteiger partial charge on any atom is 0.308 e. The number of carboxylic acid groups (broad SMARTS) is 1. The molecule has 1 aromatic rings. The first kappa shape index (κ1) is 15.7. The van der Waals surface area contributed by atoms with Gasteiger partial charge in [-0.15, -0.1) is 0 Å². The van der Waals surface area contributed by atoms with Crippen LogP contribution in [0.15, 0.2) is 29.2 Å². The van der Waals surface area contributed by atoms with Crippen LogP contribution in [0.2, 0.25) is 0 Å². The van der Waals surface area contributed by atoms with Gasteiger partial charge in [-0.1, -0.05) is 12.1 Å². The number of Topliss-reactive ketones (excluding diaryl/α,β-unsaturated/α-hetero) is 1. The van der Waals surface area contributed by atoms with E-state index in [1.165, 1.54) is 35.5 Å². The Hall–Kier alpha value is -1.73. The maximum atomic E-state index is 12.5. The summed E-state index contributed by atoms with van der Waals surface area (Å²) in [4.78, 5) is 22.4. The number of carbonyl (C=O) groups is 2. The molecular formula is C14H17NO5S. The molecule has 0 aliphatic carbocycles. The van der Waals surface area contributed by atoms with Crippen LogP contribution in [0.25, 0.3) is 0 Å². The van der Waals surface area contributed by atoms with Gasteiger partial charge < -0.3 is 5.11 Å². The fourth-order valence-corrected chi connectivity index (χ4v) is 4.26. The van der Waals surface area contributed by atoms with E-state index in [-0.39, 0.29) is 17.2 Å². The van der Waals surface area contributed by atoms with Gasteiger partial charge in [-0.2, -0.15) is 4.31 Å². The average molecular weight is 311 g/mol. The molecule has 0 amide bonds. The Morgan fingerprint density at radius 2 is 1.81 bits per heavy atom. The van der Waals surface area contributed by atoms with E-state index in [2.05, 4.69) is 0 Å². The predicted octanol–water partition coefficient (Wildman–Crippen LogP) is 1.37. The topological polar surface area (TPSA) is 91.8 Å². The van der Waals surface area contributed by atoms with E-state index in [0.717, 1.165) is 0 Å². The molecule has 2 atom stereocenters. The van der Waals surface area contributed by atoms with Crippen LogP contribution in [0.5, 0.6) is 0 Å². The molecule has 0 bridgehead atoms. The van der Waals surface area contributed by atoms with Gasteiger partial charge in [0.25, 0.3) is 0 Å². The molecule has 1 fully saturated rings. The van der Waals surface area contributed by atoms with Crippen molar-refractivity contribution in [3.8, 4) is 0 Å². The quantitative estimate of drug-likeness (QED) is 0.848. The van der Waals surface area contributed by atoms with Crippen LogP contribution in [0.4, 0.5) is 0 Å². The summed E-state index contributed by atoms with van der Waals surface area (Å²) in [5, 5.41) is 9.08. The summed E-state index contributed by atoms with van der Waals surface area (Å²) in [5.41, 5.74) is 0.437. The van der Waals surface area contributed by atoms with Crippen LogP contribution in [0, 0.1) is 5.92 Å². The second-order valence-electron chi connectivity index (χ2n) is 5.17. The van der Waals surface area contributed by atoms with Crippen molar-refractivity contribution in [1.82, 2.24) is 4.31 Å². The van der Waals surface area contributed by atoms with Gasteiger partial charge in [-0.25, -0.2) is 8.42 Å². The summed E-state index contributed by atoms with van der Waals surface area (Å²) in [7, 11) is -3.74. The van der Waals surface area contributed by atoms with Gasteiger partial charge in [0.1, 0.15) is 0 Å². The first-order valence-corrected chi connectivity index (χ1v) is 8.05. The number of rotatable bonds is 4. The molecule has 1 aromatic carbocycles. The monoisotopic (exact) mass is 311 g/mol. The lowest BCUT2D eigenvalue weighted by molar-refractivity contribution is -0.142. The number of aliphatic carboxylic acids is 1. The van der Waals surface area contributed by atoms with E-state index in [9.17, 15) is 18.0 Å². The highest BCUT2D eigenvalue weighted by Crippen LogP contribution is 2.30. The van der Waals surface area contributed by atoms with E-state index in [4.69, 9.17) is 5.11 Å². The lowest BCUT2D eigenvalue weighted by Gasteiger charge is -2.22. The Morgan fingerprint density at radius 1 is 1.24 bits per heavy atom. The number of benzene rings is 1. The fourth-order valence-electron chi connectivity index (χ4n) is 2.58. The molecule has 0 radical (unpaired) electrons. The number of sulfonamides is 1. The number of nitrogens with zero attached hydrogens (tertiary/aromatic N) is 1. The normalized spacial score (nSPS) is 23.1. The van der Waals surface area contributed by atoms with E-state index in [1.54, 1.807) is 6.92 Å². The van der Waals surface area contributed by atoms with Gasteiger partial charge in [-0.05, 0) is 32.4 Å². The second kappa shape index (κ2) is 5.57. The minimum absolute atomic E-state index is 0.0744. The predicted molar refractivity (Wildman–Crippen MR) is 75.5 cm³/mol. The van der Waals surface area contributed by atoms with E-state index in [0.29, 0.717) is 12.0 Å². The summed E-state index contributed by atoms with van der Waals surface area (Å²) in [5.74, 6) is -1.80. The highest BCUT2D eigenvalue weighted by Gasteiger charge is 2.42. The molecule has 1 heterocycles.